The minimum Gasteiger partial charge on any atom is -0.425 e. The fourth-order valence-corrected chi connectivity index (χ4v) is 1.43. The van der Waals surface area contributed by atoms with Crippen LogP contribution < -0.4 is 0 Å². The van der Waals surface area contributed by atoms with E-state index in [9.17, 15) is 13.6 Å². The maximum atomic E-state index is 13.3. The summed E-state index contributed by atoms with van der Waals surface area (Å²) in [6, 6.07) is 1.69. The largest absolute Gasteiger partial charge is 0.425 e. The van der Waals surface area contributed by atoms with Crippen molar-refractivity contribution >= 4 is 18.1 Å². The Hall–Kier alpha value is -2.11. The van der Waals surface area contributed by atoms with Crippen LogP contribution in [0.15, 0.2) is 12.1 Å². The maximum Gasteiger partial charge on any atom is 0.221 e. The van der Waals surface area contributed by atoms with E-state index < -0.39 is 23.1 Å². The number of hydrogen-bond acceptors (Lipinski definition) is 4. The Morgan fingerprint density at radius 1 is 1.28 bits per heavy atom. The summed E-state index contributed by atoms with van der Waals surface area (Å²) in [6.07, 6.45) is 1.74. The van der Waals surface area contributed by atoms with E-state index in [0.29, 0.717) is 0 Å². The van der Waals surface area contributed by atoms with Crippen LogP contribution in [0, 0.1) is 28.4 Å². The lowest BCUT2D eigenvalue weighted by molar-refractivity contribution is 0.111. The van der Waals surface area contributed by atoms with Gasteiger partial charge in [0, 0.05) is 11.5 Å². The first-order valence-corrected chi connectivity index (χ1v) is 5.32. The molecule has 2 rings (SSSR count). The van der Waals surface area contributed by atoms with Gasteiger partial charge in [0.15, 0.2) is 12.2 Å². The Bertz CT molecular complexity index is 516. The molecule has 1 saturated carbocycles. The first-order valence-electron chi connectivity index (χ1n) is 5.32. The fourth-order valence-electron chi connectivity index (χ4n) is 1.43. The quantitative estimate of drug-likeness (QED) is 0.492. The maximum absolute atomic E-state index is 13.3. The standard InChI is InChI=1S/C12H10F2N2O2/c13-9-3-7(4-10(14)8(9)5-17)12(16)18-11(15)6-1-2-6/h3-6,15-16H,1-2H2. The predicted molar refractivity (Wildman–Crippen MR) is 60.1 cm³/mol. The number of benzene rings is 1. The van der Waals surface area contributed by atoms with E-state index in [1.807, 2.05) is 0 Å². The number of aldehydes is 1. The molecule has 1 aliphatic carbocycles. The molecule has 1 fully saturated rings. The van der Waals surface area contributed by atoms with Gasteiger partial charge < -0.3 is 4.74 Å². The van der Waals surface area contributed by atoms with E-state index in [1.54, 1.807) is 0 Å². The highest BCUT2D eigenvalue weighted by molar-refractivity contribution is 6.00. The highest BCUT2D eigenvalue weighted by Crippen LogP contribution is 2.30. The van der Waals surface area contributed by atoms with Crippen molar-refractivity contribution in [3.05, 3.63) is 34.9 Å². The number of carbonyl (C=O) groups excluding carboxylic acids is 1. The third-order valence-electron chi connectivity index (χ3n) is 2.62. The molecule has 0 unspecified atom stereocenters. The zero-order valence-corrected chi connectivity index (χ0v) is 9.30. The van der Waals surface area contributed by atoms with E-state index in [-0.39, 0.29) is 23.7 Å². The number of ether oxygens (including phenoxy) is 1. The number of carbonyl (C=O) groups is 1. The summed E-state index contributed by atoms with van der Waals surface area (Å²) in [5.41, 5.74) is -0.815. The van der Waals surface area contributed by atoms with E-state index in [4.69, 9.17) is 15.6 Å². The van der Waals surface area contributed by atoms with Crippen LogP contribution in [0.5, 0.6) is 0 Å². The van der Waals surface area contributed by atoms with Crippen molar-refractivity contribution in [3.63, 3.8) is 0 Å². The molecule has 0 radical (unpaired) electrons. The lowest BCUT2D eigenvalue weighted by Crippen LogP contribution is -2.14. The van der Waals surface area contributed by atoms with Gasteiger partial charge in [-0.05, 0) is 25.0 Å². The van der Waals surface area contributed by atoms with E-state index >= 15 is 0 Å². The Labute approximate surface area is 102 Å². The normalized spacial score (nSPS) is 14.1. The molecule has 1 aromatic carbocycles. The minimum absolute atomic E-state index is 0.00860. The minimum atomic E-state index is -1.05. The van der Waals surface area contributed by atoms with Crippen LogP contribution in [0.1, 0.15) is 28.8 Å². The summed E-state index contributed by atoms with van der Waals surface area (Å²) in [7, 11) is 0. The van der Waals surface area contributed by atoms with Gasteiger partial charge in [-0.3, -0.25) is 15.6 Å². The smallest absolute Gasteiger partial charge is 0.221 e. The van der Waals surface area contributed by atoms with Crippen LogP contribution in [0.4, 0.5) is 8.78 Å². The molecule has 1 aromatic rings. The fraction of sp³-hybridized carbons (Fsp3) is 0.250. The second-order valence-electron chi connectivity index (χ2n) is 4.04. The van der Waals surface area contributed by atoms with E-state index in [0.717, 1.165) is 25.0 Å². The summed E-state index contributed by atoms with van der Waals surface area (Å²) in [5, 5.41) is 15.0. The summed E-state index contributed by atoms with van der Waals surface area (Å²) < 4.78 is 31.5. The molecule has 0 saturated heterocycles. The van der Waals surface area contributed by atoms with E-state index in [1.165, 1.54) is 0 Å². The van der Waals surface area contributed by atoms with Gasteiger partial charge in [0.25, 0.3) is 0 Å². The molecule has 1 aliphatic rings. The van der Waals surface area contributed by atoms with Crippen LogP contribution in [-0.2, 0) is 4.74 Å². The van der Waals surface area contributed by atoms with Crippen LogP contribution in [0.3, 0.4) is 0 Å². The van der Waals surface area contributed by atoms with Crippen LogP contribution in [-0.4, -0.2) is 18.1 Å². The number of halogens is 2. The Balaban J connectivity index is 2.19. The van der Waals surface area contributed by atoms with Gasteiger partial charge in [0.2, 0.25) is 5.90 Å². The van der Waals surface area contributed by atoms with Crippen molar-refractivity contribution in [1.82, 2.24) is 0 Å². The summed E-state index contributed by atoms with van der Waals surface area (Å²) >= 11 is 0. The highest BCUT2D eigenvalue weighted by atomic mass is 19.1. The van der Waals surface area contributed by atoms with Crippen molar-refractivity contribution in [2.75, 3.05) is 0 Å². The SMILES string of the molecule is N=C(OC(=N)C1CC1)c1cc(F)c(C=O)c(F)c1. The molecule has 94 valence electrons. The molecule has 0 bridgehead atoms. The first-order chi connectivity index (χ1) is 8.52. The van der Waals surface area contributed by atoms with Gasteiger partial charge in [0.05, 0.1) is 5.56 Å². The number of hydrogen-bond donors (Lipinski definition) is 2. The molecule has 18 heavy (non-hydrogen) atoms. The number of nitrogens with one attached hydrogen (secondary N) is 2. The van der Waals surface area contributed by atoms with E-state index in [2.05, 4.69) is 0 Å². The average Bonchev–Trinajstić information content (AvgIpc) is 3.12. The molecule has 0 atom stereocenters. The third kappa shape index (κ3) is 2.42. The van der Waals surface area contributed by atoms with Crippen LogP contribution in [0.2, 0.25) is 0 Å². The van der Waals surface area contributed by atoms with Crippen LogP contribution >= 0.6 is 0 Å². The van der Waals surface area contributed by atoms with Crippen molar-refractivity contribution in [2.45, 2.75) is 12.8 Å². The summed E-state index contributed by atoms with van der Waals surface area (Å²) in [5.74, 6) is -2.66. The molecule has 0 spiro atoms. The number of rotatable bonds is 3. The van der Waals surface area contributed by atoms with Gasteiger partial charge in [-0.1, -0.05) is 0 Å². The summed E-state index contributed by atoms with van der Waals surface area (Å²) in [6.45, 7) is 0. The lowest BCUT2D eigenvalue weighted by atomic mass is 10.1. The first kappa shape index (κ1) is 12.3. The lowest BCUT2D eigenvalue weighted by Gasteiger charge is -2.08. The molecule has 2 N–H and O–H groups in total. The van der Waals surface area contributed by atoms with Crippen molar-refractivity contribution in [1.29, 1.82) is 10.8 Å². The molecular formula is C12H10F2N2O2. The zero-order chi connectivity index (χ0) is 13.3. The topological polar surface area (TPSA) is 74.0 Å². The second kappa shape index (κ2) is 4.64. The second-order valence-corrected chi connectivity index (χ2v) is 4.04. The highest BCUT2D eigenvalue weighted by Gasteiger charge is 2.29. The van der Waals surface area contributed by atoms with Crippen LogP contribution in [0.25, 0.3) is 0 Å². The van der Waals surface area contributed by atoms with Crippen molar-refractivity contribution in [3.8, 4) is 0 Å². The molecule has 0 aromatic heterocycles. The van der Waals surface area contributed by atoms with Gasteiger partial charge in [-0.25, -0.2) is 8.78 Å². The third-order valence-corrected chi connectivity index (χ3v) is 2.62. The van der Waals surface area contributed by atoms with Crippen molar-refractivity contribution < 1.29 is 18.3 Å². The molecule has 0 heterocycles. The Kier molecular flexibility index (Phi) is 3.18. The predicted octanol–water partition coefficient (Wildman–Crippen LogP) is 2.51. The van der Waals surface area contributed by atoms with Gasteiger partial charge in [0.1, 0.15) is 11.6 Å². The Morgan fingerprint density at radius 3 is 2.28 bits per heavy atom. The molecular weight excluding hydrogens is 242 g/mol. The van der Waals surface area contributed by atoms with Gasteiger partial charge >= 0.3 is 0 Å². The van der Waals surface area contributed by atoms with Crippen molar-refractivity contribution in [2.24, 2.45) is 5.92 Å². The summed E-state index contributed by atoms with van der Waals surface area (Å²) in [4.78, 5) is 10.4. The van der Waals surface area contributed by atoms with Gasteiger partial charge in [-0.2, -0.15) is 0 Å². The zero-order valence-electron chi connectivity index (χ0n) is 9.30. The molecule has 0 amide bonds. The Morgan fingerprint density at radius 2 is 1.83 bits per heavy atom. The monoisotopic (exact) mass is 252 g/mol. The molecule has 6 heteroatoms. The molecule has 0 aliphatic heterocycles. The average molecular weight is 252 g/mol. The molecule has 4 nitrogen and oxygen atoms in total. The van der Waals surface area contributed by atoms with Gasteiger partial charge in [-0.15, -0.1) is 0 Å².